The molecule has 0 unspecified atom stereocenters. The lowest BCUT2D eigenvalue weighted by Gasteiger charge is -1.99. The van der Waals surface area contributed by atoms with E-state index in [-0.39, 0.29) is 0 Å². The smallest absolute Gasteiger partial charge is 0.402 e. The van der Waals surface area contributed by atoms with Crippen molar-refractivity contribution in [2.45, 2.75) is 9.79 Å². The van der Waals surface area contributed by atoms with Crippen molar-refractivity contribution in [2.24, 2.45) is 0 Å². The minimum atomic E-state index is -2.17. The quantitative estimate of drug-likeness (QED) is 0.709. The van der Waals surface area contributed by atoms with Crippen LogP contribution in [0.1, 0.15) is 0 Å². The molecule has 5 heteroatoms. The van der Waals surface area contributed by atoms with Crippen LogP contribution in [0, 0.1) is 0 Å². The van der Waals surface area contributed by atoms with Crippen molar-refractivity contribution in [3.05, 3.63) is 60.7 Å². The van der Waals surface area contributed by atoms with Crippen molar-refractivity contribution in [1.82, 2.24) is 0 Å². The van der Waals surface area contributed by atoms with Gasteiger partial charge in [0.05, 0.1) is 0 Å². The van der Waals surface area contributed by atoms with Crippen LogP contribution in [0.4, 0.5) is 0 Å². The van der Waals surface area contributed by atoms with E-state index in [1.165, 1.54) is 9.79 Å². The molecule has 0 saturated heterocycles. The molecule has 0 saturated carbocycles. The molecule has 0 aromatic heterocycles. The first-order valence-electron chi connectivity index (χ1n) is 5.00. The van der Waals surface area contributed by atoms with Crippen molar-refractivity contribution in [2.75, 3.05) is 0 Å². The molecule has 2 aromatic carbocycles. The van der Waals surface area contributed by atoms with Crippen LogP contribution in [0.3, 0.4) is 0 Å². The Labute approximate surface area is 105 Å². The molecular formula is C12H13BO3S. The predicted octanol–water partition coefficient (Wildman–Crippen LogP) is 1.79. The lowest BCUT2D eigenvalue weighted by molar-refractivity contribution is 0.278. The summed E-state index contributed by atoms with van der Waals surface area (Å²) >= 11 is 1.79. The summed E-state index contributed by atoms with van der Waals surface area (Å²) in [4.78, 5) is 2.57. The maximum Gasteiger partial charge on any atom is 0.631 e. The fourth-order valence-electron chi connectivity index (χ4n) is 1.11. The molecule has 88 valence electrons. The first-order valence-corrected chi connectivity index (χ1v) is 5.82. The molecule has 2 rings (SSSR count). The number of hydrogen-bond donors (Lipinski definition) is 3. The fourth-order valence-corrected chi connectivity index (χ4v) is 1.97. The van der Waals surface area contributed by atoms with E-state index in [4.69, 9.17) is 15.1 Å². The van der Waals surface area contributed by atoms with Gasteiger partial charge in [-0.05, 0) is 24.3 Å². The SMILES string of the molecule is OB(O)O.c1ccc(Sc2ccccc2)cc1. The summed E-state index contributed by atoms with van der Waals surface area (Å²) < 4.78 is 0. The van der Waals surface area contributed by atoms with Gasteiger partial charge in [-0.3, -0.25) is 0 Å². The van der Waals surface area contributed by atoms with E-state index in [1.54, 1.807) is 11.8 Å². The maximum atomic E-state index is 7.17. The molecule has 0 radical (unpaired) electrons. The molecule has 0 atom stereocenters. The largest absolute Gasteiger partial charge is 0.631 e. The third kappa shape index (κ3) is 6.81. The van der Waals surface area contributed by atoms with Crippen molar-refractivity contribution >= 4 is 19.1 Å². The highest BCUT2D eigenvalue weighted by Gasteiger charge is 1.93. The van der Waals surface area contributed by atoms with Crippen LogP contribution in [0.15, 0.2) is 70.5 Å². The Morgan fingerprint density at radius 3 is 1.24 bits per heavy atom. The van der Waals surface area contributed by atoms with Gasteiger partial charge in [-0.25, -0.2) is 0 Å². The van der Waals surface area contributed by atoms with Crippen LogP contribution < -0.4 is 0 Å². The Hall–Kier alpha value is -1.27. The number of benzene rings is 2. The van der Waals surface area contributed by atoms with Crippen molar-refractivity contribution < 1.29 is 15.1 Å². The molecular weight excluding hydrogens is 235 g/mol. The Morgan fingerprint density at radius 2 is 0.941 bits per heavy atom. The van der Waals surface area contributed by atoms with E-state index >= 15 is 0 Å². The predicted molar refractivity (Wildman–Crippen MR) is 69.4 cm³/mol. The third-order valence-electron chi connectivity index (χ3n) is 1.72. The Bertz CT molecular complexity index is 368. The Morgan fingerprint density at radius 1 is 0.647 bits per heavy atom. The highest BCUT2D eigenvalue weighted by molar-refractivity contribution is 7.99. The summed E-state index contributed by atoms with van der Waals surface area (Å²) in [5.41, 5.74) is 0. The Balaban J connectivity index is 0.000000317. The normalized spacial score (nSPS) is 9.12. The van der Waals surface area contributed by atoms with E-state index < -0.39 is 7.32 Å². The van der Waals surface area contributed by atoms with Gasteiger partial charge >= 0.3 is 7.32 Å². The van der Waals surface area contributed by atoms with Gasteiger partial charge in [0.25, 0.3) is 0 Å². The summed E-state index contributed by atoms with van der Waals surface area (Å²) in [5, 5.41) is 21.5. The van der Waals surface area contributed by atoms with Gasteiger partial charge in [0.15, 0.2) is 0 Å². The van der Waals surface area contributed by atoms with Crippen LogP contribution in [-0.4, -0.2) is 22.4 Å². The molecule has 0 amide bonds. The fraction of sp³-hybridized carbons (Fsp3) is 0. The minimum absolute atomic E-state index is 1.29. The van der Waals surface area contributed by atoms with Gasteiger partial charge in [0, 0.05) is 9.79 Å². The van der Waals surface area contributed by atoms with Crippen molar-refractivity contribution in [3.63, 3.8) is 0 Å². The molecule has 0 aliphatic rings. The molecule has 3 nitrogen and oxygen atoms in total. The molecule has 2 aromatic rings. The third-order valence-corrected chi connectivity index (χ3v) is 2.74. The van der Waals surface area contributed by atoms with Crippen LogP contribution in [0.2, 0.25) is 0 Å². The van der Waals surface area contributed by atoms with Crippen LogP contribution in [0.5, 0.6) is 0 Å². The average molecular weight is 248 g/mol. The van der Waals surface area contributed by atoms with Gasteiger partial charge in [-0.2, -0.15) is 0 Å². The van der Waals surface area contributed by atoms with E-state index in [0.717, 1.165) is 0 Å². The van der Waals surface area contributed by atoms with E-state index in [1.807, 2.05) is 12.1 Å². The summed E-state index contributed by atoms with van der Waals surface area (Å²) in [6.07, 6.45) is 0. The van der Waals surface area contributed by atoms with Gasteiger partial charge in [0.2, 0.25) is 0 Å². The second kappa shape index (κ2) is 7.92. The molecule has 0 aliphatic carbocycles. The van der Waals surface area contributed by atoms with Gasteiger partial charge in [-0.1, -0.05) is 48.2 Å². The number of rotatable bonds is 2. The second-order valence-corrected chi connectivity index (χ2v) is 4.22. The summed E-state index contributed by atoms with van der Waals surface area (Å²) in [6.45, 7) is 0. The van der Waals surface area contributed by atoms with Crippen LogP contribution in [0.25, 0.3) is 0 Å². The average Bonchev–Trinajstić information content (AvgIpc) is 2.31. The zero-order valence-electron chi connectivity index (χ0n) is 9.10. The van der Waals surface area contributed by atoms with E-state index in [2.05, 4.69) is 48.5 Å². The lowest BCUT2D eigenvalue weighted by atomic mass is 10.3. The second-order valence-electron chi connectivity index (χ2n) is 3.07. The van der Waals surface area contributed by atoms with Gasteiger partial charge < -0.3 is 15.1 Å². The summed E-state index contributed by atoms with van der Waals surface area (Å²) in [5.74, 6) is 0. The topological polar surface area (TPSA) is 60.7 Å². The zero-order chi connectivity index (χ0) is 12.5. The maximum absolute atomic E-state index is 7.17. The van der Waals surface area contributed by atoms with Gasteiger partial charge in [-0.15, -0.1) is 0 Å². The summed E-state index contributed by atoms with van der Waals surface area (Å²) in [6, 6.07) is 20.8. The molecule has 3 N–H and O–H groups in total. The van der Waals surface area contributed by atoms with Crippen LogP contribution in [-0.2, 0) is 0 Å². The zero-order valence-corrected chi connectivity index (χ0v) is 9.92. The molecule has 0 bridgehead atoms. The van der Waals surface area contributed by atoms with Crippen molar-refractivity contribution in [3.8, 4) is 0 Å². The number of hydrogen-bond acceptors (Lipinski definition) is 4. The molecule has 0 spiro atoms. The van der Waals surface area contributed by atoms with E-state index in [0.29, 0.717) is 0 Å². The molecule has 17 heavy (non-hydrogen) atoms. The summed E-state index contributed by atoms with van der Waals surface area (Å²) in [7, 11) is -2.17. The first-order chi connectivity index (χ1) is 8.18. The van der Waals surface area contributed by atoms with Crippen molar-refractivity contribution in [1.29, 1.82) is 0 Å². The molecule has 0 aliphatic heterocycles. The lowest BCUT2D eigenvalue weighted by Crippen LogP contribution is -2.07. The first kappa shape index (κ1) is 13.8. The highest BCUT2D eigenvalue weighted by Crippen LogP contribution is 2.26. The standard InChI is InChI=1S/C12H10S.BH3O3/c1-3-7-11(8-4-1)13-12-9-5-2-6-10-12;2-1(3)4/h1-10H;2-4H. The molecule has 0 fully saturated rings. The minimum Gasteiger partial charge on any atom is -0.402 e. The van der Waals surface area contributed by atoms with E-state index in [9.17, 15) is 0 Å². The highest BCUT2D eigenvalue weighted by atomic mass is 32.2. The monoisotopic (exact) mass is 248 g/mol. The van der Waals surface area contributed by atoms with Gasteiger partial charge in [0.1, 0.15) is 0 Å². The Kier molecular flexibility index (Phi) is 6.43. The van der Waals surface area contributed by atoms with Crippen LogP contribution >= 0.6 is 11.8 Å². The molecule has 0 heterocycles.